The van der Waals surface area contributed by atoms with Crippen LogP contribution in [0.4, 0.5) is 0 Å². The van der Waals surface area contributed by atoms with Crippen molar-refractivity contribution < 1.29 is 14.7 Å². The Morgan fingerprint density at radius 3 is 2.62 bits per heavy atom. The van der Waals surface area contributed by atoms with E-state index in [-0.39, 0.29) is 30.1 Å². The number of aryl methyl sites for hydroxylation is 1. The van der Waals surface area contributed by atoms with E-state index >= 15 is 0 Å². The molecular formula is C23H27N3O3. The van der Waals surface area contributed by atoms with Crippen LogP contribution in [0.2, 0.25) is 0 Å². The van der Waals surface area contributed by atoms with Crippen molar-refractivity contribution in [2.45, 2.75) is 44.4 Å². The van der Waals surface area contributed by atoms with Gasteiger partial charge >= 0.3 is 5.97 Å². The number of hydrogen-bond acceptors (Lipinski definition) is 4. The topological polar surface area (TPSA) is 83.4 Å². The van der Waals surface area contributed by atoms with Crippen LogP contribution in [0.3, 0.4) is 0 Å². The monoisotopic (exact) mass is 393 g/mol. The van der Waals surface area contributed by atoms with Crippen molar-refractivity contribution in [1.82, 2.24) is 14.9 Å². The van der Waals surface area contributed by atoms with Gasteiger partial charge in [0.05, 0.1) is 6.42 Å². The molecule has 1 fully saturated rings. The first-order valence-electron chi connectivity index (χ1n) is 10.4. The van der Waals surface area contributed by atoms with Crippen molar-refractivity contribution in [3.05, 3.63) is 59.7 Å². The van der Waals surface area contributed by atoms with Gasteiger partial charge in [-0.3, -0.25) is 9.59 Å². The lowest BCUT2D eigenvalue weighted by molar-refractivity contribution is -0.140. The molecule has 1 aliphatic carbocycles. The van der Waals surface area contributed by atoms with Crippen molar-refractivity contribution in [2.75, 3.05) is 13.1 Å². The first-order valence-corrected chi connectivity index (χ1v) is 10.4. The Kier molecular flexibility index (Phi) is 5.88. The molecule has 2 unspecified atom stereocenters. The van der Waals surface area contributed by atoms with Gasteiger partial charge in [-0.1, -0.05) is 30.3 Å². The molecule has 0 bridgehead atoms. The van der Waals surface area contributed by atoms with Gasteiger partial charge in [-0.15, -0.1) is 0 Å². The average Bonchev–Trinajstić information content (AvgIpc) is 2.77. The Balaban J connectivity index is 1.38. The molecule has 6 heteroatoms. The SMILES string of the molecule is O=C(O)CC(c1ccccc1)C1CCN(C(=O)C2CCc3ncncc3C2)CC1. The number of carbonyl (C=O) groups is 2. The van der Waals surface area contributed by atoms with Gasteiger partial charge in [-0.25, -0.2) is 9.97 Å². The summed E-state index contributed by atoms with van der Waals surface area (Å²) in [6, 6.07) is 9.93. The Labute approximate surface area is 171 Å². The van der Waals surface area contributed by atoms with Crippen molar-refractivity contribution in [2.24, 2.45) is 11.8 Å². The number of nitrogens with zero attached hydrogens (tertiary/aromatic N) is 3. The Hall–Kier alpha value is -2.76. The summed E-state index contributed by atoms with van der Waals surface area (Å²) in [5.41, 5.74) is 3.25. The third-order valence-electron chi connectivity index (χ3n) is 6.47. The molecule has 2 aromatic rings. The van der Waals surface area contributed by atoms with Gasteiger partial charge in [0.1, 0.15) is 6.33 Å². The predicted octanol–water partition coefficient (Wildman–Crippen LogP) is 3.08. The number of benzene rings is 1. The van der Waals surface area contributed by atoms with E-state index < -0.39 is 5.97 Å². The summed E-state index contributed by atoms with van der Waals surface area (Å²) < 4.78 is 0. The van der Waals surface area contributed by atoms with E-state index in [4.69, 9.17) is 0 Å². The molecule has 6 nitrogen and oxygen atoms in total. The van der Waals surface area contributed by atoms with Crippen molar-refractivity contribution >= 4 is 11.9 Å². The smallest absolute Gasteiger partial charge is 0.303 e. The number of likely N-dealkylation sites (tertiary alicyclic amines) is 1. The van der Waals surface area contributed by atoms with E-state index in [0.717, 1.165) is 48.9 Å². The van der Waals surface area contributed by atoms with Gasteiger partial charge in [-0.2, -0.15) is 0 Å². The Morgan fingerprint density at radius 1 is 1.14 bits per heavy atom. The molecule has 2 aliphatic rings. The highest BCUT2D eigenvalue weighted by molar-refractivity contribution is 5.79. The molecule has 2 heterocycles. The number of carboxylic acids is 1. The van der Waals surface area contributed by atoms with Gasteiger partial charge in [0.25, 0.3) is 0 Å². The number of carbonyl (C=O) groups excluding carboxylic acids is 1. The lowest BCUT2D eigenvalue weighted by atomic mass is 9.78. The largest absolute Gasteiger partial charge is 0.481 e. The number of carboxylic acid groups (broad SMARTS) is 1. The second-order valence-electron chi connectivity index (χ2n) is 8.21. The summed E-state index contributed by atoms with van der Waals surface area (Å²) in [7, 11) is 0. The summed E-state index contributed by atoms with van der Waals surface area (Å²) in [6.07, 6.45) is 7.66. The van der Waals surface area contributed by atoms with E-state index in [1.54, 1.807) is 6.33 Å². The molecule has 0 saturated carbocycles. The van der Waals surface area contributed by atoms with Crippen LogP contribution >= 0.6 is 0 Å². The van der Waals surface area contributed by atoms with Crippen LogP contribution in [-0.2, 0) is 22.4 Å². The van der Waals surface area contributed by atoms with Crippen LogP contribution < -0.4 is 0 Å². The van der Waals surface area contributed by atoms with E-state index in [2.05, 4.69) is 9.97 Å². The van der Waals surface area contributed by atoms with Gasteiger partial charge in [0, 0.05) is 30.9 Å². The number of amides is 1. The van der Waals surface area contributed by atoms with Crippen molar-refractivity contribution in [3.8, 4) is 0 Å². The maximum Gasteiger partial charge on any atom is 0.303 e. The highest BCUT2D eigenvalue weighted by Gasteiger charge is 2.34. The molecule has 0 radical (unpaired) electrons. The minimum atomic E-state index is -0.763. The van der Waals surface area contributed by atoms with Crippen LogP contribution in [-0.4, -0.2) is 44.9 Å². The van der Waals surface area contributed by atoms with E-state index in [9.17, 15) is 14.7 Å². The third kappa shape index (κ3) is 4.47. The second-order valence-corrected chi connectivity index (χ2v) is 8.21. The van der Waals surface area contributed by atoms with E-state index in [1.807, 2.05) is 41.4 Å². The first-order chi connectivity index (χ1) is 14.1. The molecule has 1 saturated heterocycles. The lowest BCUT2D eigenvalue weighted by Crippen LogP contribution is -2.44. The molecule has 2 atom stereocenters. The number of piperidine rings is 1. The lowest BCUT2D eigenvalue weighted by Gasteiger charge is -2.38. The maximum absolute atomic E-state index is 13.1. The number of rotatable bonds is 5. The van der Waals surface area contributed by atoms with Gasteiger partial charge in [0.2, 0.25) is 5.91 Å². The summed E-state index contributed by atoms with van der Waals surface area (Å²) in [4.78, 5) is 34.9. The molecule has 1 aromatic heterocycles. The molecule has 29 heavy (non-hydrogen) atoms. The molecule has 1 aromatic carbocycles. The number of fused-ring (bicyclic) bond motifs is 1. The zero-order valence-electron chi connectivity index (χ0n) is 16.5. The summed E-state index contributed by atoms with van der Waals surface area (Å²) >= 11 is 0. The molecular weight excluding hydrogens is 366 g/mol. The normalized spacial score (nSPS) is 20.7. The fourth-order valence-corrected chi connectivity index (χ4v) is 4.89. The van der Waals surface area contributed by atoms with Crippen LogP contribution in [0, 0.1) is 11.8 Å². The Morgan fingerprint density at radius 2 is 1.90 bits per heavy atom. The average molecular weight is 393 g/mol. The molecule has 4 rings (SSSR count). The third-order valence-corrected chi connectivity index (χ3v) is 6.47. The molecule has 152 valence electrons. The van der Waals surface area contributed by atoms with Crippen LogP contribution in [0.15, 0.2) is 42.9 Å². The van der Waals surface area contributed by atoms with Crippen molar-refractivity contribution in [3.63, 3.8) is 0 Å². The highest BCUT2D eigenvalue weighted by atomic mass is 16.4. The zero-order chi connectivity index (χ0) is 20.2. The Bertz CT molecular complexity index is 863. The van der Waals surface area contributed by atoms with Crippen LogP contribution in [0.1, 0.15) is 48.4 Å². The van der Waals surface area contributed by atoms with Gasteiger partial charge in [0.15, 0.2) is 0 Å². The molecule has 0 spiro atoms. The quantitative estimate of drug-likeness (QED) is 0.844. The summed E-state index contributed by atoms with van der Waals surface area (Å²) in [5.74, 6) is -0.232. The summed E-state index contributed by atoms with van der Waals surface area (Å²) in [5, 5.41) is 9.39. The van der Waals surface area contributed by atoms with E-state index in [1.165, 1.54) is 0 Å². The zero-order valence-corrected chi connectivity index (χ0v) is 16.5. The minimum absolute atomic E-state index is 0.00431. The number of aliphatic carboxylic acids is 1. The first kappa shape index (κ1) is 19.6. The molecule has 1 amide bonds. The van der Waals surface area contributed by atoms with E-state index in [0.29, 0.717) is 13.1 Å². The van der Waals surface area contributed by atoms with Gasteiger partial charge < -0.3 is 10.0 Å². The van der Waals surface area contributed by atoms with Gasteiger partial charge in [-0.05, 0) is 55.1 Å². The maximum atomic E-state index is 13.1. The fraction of sp³-hybridized carbons (Fsp3) is 0.478. The number of aromatic nitrogens is 2. The highest BCUT2D eigenvalue weighted by Crippen LogP contribution is 2.36. The molecule has 1 N–H and O–H groups in total. The van der Waals surface area contributed by atoms with Crippen LogP contribution in [0.5, 0.6) is 0 Å². The predicted molar refractivity (Wildman–Crippen MR) is 108 cm³/mol. The van der Waals surface area contributed by atoms with Crippen LogP contribution in [0.25, 0.3) is 0 Å². The summed E-state index contributed by atoms with van der Waals surface area (Å²) in [6.45, 7) is 1.42. The minimum Gasteiger partial charge on any atom is -0.481 e. The fourth-order valence-electron chi connectivity index (χ4n) is 4.89. The van der Waals surface area contributed by atoms with Crippen molar-refractivity contribution in [1.29, 1.82) is 0 Å². The number of hydrogen-bond donors (Lipinski definition) is 1. The molecule has 1 aliphatic heterocycles. The second kappa shape index (κ2) is 8.72. The standard InChI is InChI=1S/C23H27N3O3/c27-22(28)13-20(16-4-2-1-3-5-16)17-8-10-26(11-9-17)23(29)18-6-7-21-19(12-18)14-24-15-25-21/h1-5,14-15,17-18,20H,6-13H2,(H,27,28).